The van der Waals surface area contributed by atoms with Crippen molar-refractivity contribution in [1.82, 2.24) is 14.8 Å². The van der Waals surface area contributed by atoms with Gasteiger partial charge in [-0.25, -0.2) is 9.37 Å². The lowest BCUT2D eigenvalue weighted by molar-refractivity contribution is 0.0189. The summed E-state index contributed by atoms with van der Waals surface area (Å²) in [4.78, 5) is 24.5. The van der Waals surface area contributed by atoms with E-state index < -0.39 is 0 Å². The molecule has 4 aromatic rings. The summed E-state index contributed by atoms with van der Waals surface area (Å²) in [5.41, 5.74) is 4.05. The monoisotopic (exact) mass is 558 g/mol. The normalized spacial score (nSPS) is 18.9. The lowest BCUT2D eigenvalue weighted by Crippen LogP contribution is -2.56. The van der Waals surface area contributed by atoms with Gasteiger partial charge in [0.25, 0.3) is 5.91 Å². The van der Waals surface area contributed by atoms with Gasteiger partial charge in [0.15, 0.2) is 0 Å². The Morgan fingerprint density at radius 1 is 1.05 bits per heavy atom. The van der Waals surface area contributed by atoms with E-state index in [9.17, 15) is 14.3 Å². The fourth-order valence-corrected chi connectivity index (χ4v) is 6.21. The summed E-state index contributed by atoms with van der Waals surface area (Å²) in [6.45, 7) is 9.00. The molecule has 6 nitrogen and oxygen atoms in total. The van der Waals surface area contributed by atoms with Crippen molar-refractivity contribution in [3.8, 4) is 5.75 Å². The number of benzene rings is 3. The minimum atomic E-state index is -0.387. The number of phenolic OH excluding ortho intramolecular Hbond substituents is 1. The van der Waals surface area contributed by atoms with Crippen LogP contribution in [0.3, 0.4) is 0 Å². The van der Waals surface area contributed by atoms with Crippen molar-refractivity contribution < 1.29 is 14.3 Å². The van der Waals surface area contributed by atoms with Crippen LogP contribution in [0, 0.1) is 12.7 Å². The summed E-state index contributed by atoms with van der Waals surface area (Å²) in [5.74, 6) is -0.396. The van der Waals surface area contributed by atoms with Crippen molar-refractivity contribution in [3.63, 3.8) is 0 Å². The fourth-order valence-electron chi connectivity index (χ4n) is 5.60. The summed E-state index contributed by atoms with van der Waals surface area (Å²) in [6.07, 6.45) is 0. The molecule has 0 aliphatic carbocycles. The summed E-state index contributed by atoms with van der Waals surface area (Å²) >= 11 is 1.68. The average Bonchev–Trinajstić information content (AvgIpc) is 3.35. The molecule has 3 atom stereocenters. The number of nitrogens with zero attached hydrogens (tertiary/aromatic N) is 4. The first-order valence-electron chi connectivity index (χ1n) is 13.5. The predicted octanol–water partition coefficient (Wildman–Crippen LogP) is 6.26. The van der Waals surface area contributed by atoms with E-state index in [2.05, 4.69) is 34.0 Å². The number of aromatic nitrogens is 1. The zero-order valence-electron chi connectivity index (χ0n) is 23.3. The van der Waals surface area contributed by atoms with Crippen LogP contribution in [0.1, 0.15) is 52.1 Å². The molecular weight excluding hydrogens is 523 g/mol. The highest BCUT2D eigenvalue weighted by Crippen LogP contribution is 2.35. The molecule has 0 unspecified atom stereocenters. The zero-order chi connectivity index (χ0) is 28.4. The van der Waals surface area contributed by atoms with E-state index in [0.29, 0.717) is 11.3 Å². The lowest BCUT2D eigenvalue weighted by Gasteiger charge is -2.47. The molecule has 40 heavy (non-hydrogen) atoms. The standard InChI is InChI=1S/C32H35FN4O2S/c1-21-18-37(22(2)17-36(21)19-28-20-40-23(3)34-28)31(25-9-6-13-30(38)15-25)24-8-5-10-26(14-24)32(39)35(4)29-12-7-11-27(33)16-29/h5-16,20-22,31,38H,17-19H2,1-4H3/t21-,22-,31-/m1/s1. The number of phenols is 1. The van der Waals surface area contributed by atoms with Gasteiger partial charge in [0, 0.05) is 55.4 Å². The second-order valence-electron chi connectivity index (χ2n) is 10.6. The first kappa shape index (κ1) is 28.0. The van der Waals surface area contributed by atoms with Gasteiger partial charge in [-0.15, -0.1) is 11.3 Å². The minimum absolute atomic E-state index is 0.166. The fraction of sp³-hybridized carbons (Fsp3) is 0.312. The van der Waals surface area contributed by atoms with Gasteiger partial charge in [0.05, 0.1) is 16.7 Å². The lowest BCUT2D eigenvalue weighted by atomic mass is 9.92. The summed E-state index contributed by atoms with van der Waals surface area (Å²) in [6, 6.07) is 21.4. The van der Waals surface area contributed by atoms with Gasteiger partial charge in [-0.3, -0.25) is 14.6 Å². The van der Waals surface area contributed by atoms with Crippen LogP contribution in [0.4, 0.5) is 10.1 Å². The van der Waals surface area contributed by atoms with E-state index >= 15 is 0 Å². The largest absolute Gasteiger partial charge is 0.508 e. The van der Waals surface area contributed by atoms with Crippen molar-refractivity contribution in [2.45, 2.75) is 45.4 Å². The van der Waals surface area contributed by atoms with Crippen molar-refractivity contribution in [1.29, 1.82) is 0 Å². The number of anilines is 1. The molecule has 208 valence electrons. The number of carbonyl (C=O) groups is 1. The highest BCUT2D eigenvalue weighted by Gasteiger charge is 2.35. The maximum absolute atomic E-state index is 13.8. The molecule has 1 aliphatic heterocycles. The number of carbonyl (C=O) groups excluding carboxylic acids is 1. The van der Waals surface area contributed by atoms with Crippen LogP contribution in [0.2, 0.25) is 0 Å². The third-order valence-electron chi connectivity index (χ3n) is 7.66. The number of aromatic hydroxyl groups is 1. The van der Waals surface area contributed by atoms with Crippen molar-refractivity contribution in [3.05, 3.63) is 111 Å². The van der Waals surface area contributed by atoms with Gasteiger partial charge in [0.1, 0.15) is 11.6 Å². The van der Waals surface area contributed by atoms with E-state index in [1.54, 1.807) is 48.7 Å². The Hall–Kier alpha value is -3.59. The summed E-state index contributed by atoms with van der Waals surface area (Å²) < 4.78 is 13.8. The van der Waals surface area contributed by atoms with Crippen molar-refractivity contribution in [2.24, 2.45) is 0 Å². The Balaban J connectivity index is 1.45. The molecule has 1 amide bonds. The summed E-state index contributed by atoms with van der Waals surface area (Å²) in [5, 5.41) is 13.6. The zero-order valence-corrected chi connectivity index (χ0v) is 24.1. The van der Waals surface area contributed by atoms with E-state index in [1.165, 1.54) is 17.0 Å². The number of aryl methyl sites for hydroxylation is 1. The molecule has 1 aliphatic rings. The van der Waals surface area contributed by atoms with Gasteiger partial charge >= 0.3 is 0 Å². The third kappa shape index (κ3) is 6.09. The molecule has 0 spiro atoms. The number of halogens is 1. The topological polar surface area (TPSA) is 59.9 Å². The molecule has 1 N–H and O–H groups in total. The van der Waals surface area contributed by atoms with E-state index in [0.717, 1.165) is 41.5 Å². The van der Waals surface area contributed by atoms with Crippen LogP contribution in [-0.2, 0) is 6.54 Å². The molecule has 0 saturated carbocycles. The van der Waals surface area contributed by atoms with Gasteiger partial charge in [-0.2, -0.15) is 0 Å². The SMILES string of the molecule is Cc1nc(CN2C[C@@H](C)N([C@@H](c3cccc(O)c3)c3cccc(C(=O)N(C)c4cccc(F)c4)c3)C[C@H]2C)cs1. The van der Waals surface area contributed by atoms with Gasteiger partial charge in [-0.05, 0) is 74.4 Å². The highest BCUT2D eigenvalue weighted by atomic mass is 32.1. The average molecular weight is 559 g/mol. The molecule has 8 heteroatoms. The maximum Gasteiger partial charge on any atom is 0.258 e. The third-order valence-corrected chi connectivity index (χ3v) is 8.48. The smallest absolute Gasteiger partial charge is 0.258 e. The van der Waals surface area contributed by atoms with Crippen LogP contribution in [0.25, 0.3) is 0 Å². The molecule has 1 fully saturated rings. The van der Waals surface area contributed by atoms with Gasteiger partial charge < -0.3 is 10.0 Å². The number of thiazole rings is 1. The van der Waals surface area contributed by atoms with Crippen molar-refractivity contribution in [2.75, 3.05) is 25.0 Å². The molecular formula is C32H35FN4O2S. The second-order valence-corrected chi connectivity index (χ2v) is 11.7. The molecule has 2 heterocycles. The van der Waals surface area contributed by atoms with E-state index in [-0.39, 0.29) is 35.6 Å². The van der Waals surface area contributed by atoms with E-state index in [4.69, 9.17) is 0 Å². The highest BCUT2D eigenvalue weighted by molar-refractivity contribution is 7.09. The quantitative estimate of drug-likeness (QED) is 0.290. The minimum Gasteiger partial charge on any atom is -0.508 e. The van der Waals surface area contributed by atoms with Gasteiger partial charge in [0.2, 0.25) is 0 Å². The van der Waals surface area contributed by atoms with Crippen LogP contribution < -0.4 is 4.90 Å². The Morgan fingerprint density at radius 3 is 2.48 bits per heavy atom. The number of hydrogen-bond acceptors (Lipinski definition) is 6. The number of amides is 1. The van der Waals surface area contributed by atoms with Crippen LogP contribution in [0.15, 0.2) is 78.2 Å². The number of rotatable bonds is 7. The van der Waals surface area contributed by atoms with Gasteiger partial charge in [-0.1, -0.05) is 30.3 Å². The maximum atomic E-state index is 13.8. The van der Waals surface area contributed by atoms with Crippen LogP contribution >= 0.6 is 11.3 Å². The molecule has 1 aromatic heterocycles. The molecule has 5 rings (SSSR count). The Morgan fingerprint density at radius 2 is 1.77 bits per heavy atom. The summed E-state index contributed by atoms with van der Waals surface area (Å²) in [7, 11) is 1.66. The number of hydrogen-bond donors (Lipinski definition) is 1. The molecule has 1 saturated heterocycles. The Labute approximate surface area is 239 Å². The number of piperazine rings is 1. The molecule has 3 aromatic carbocycles. The second kappa shape index (κ2) is 11.9. The van der Waals surface area contributed by atoms with Crippen molar-refractivity contribution >= 4 is 22.9 Å². The first-order valence-corrected chi connectivity index (χ1v) is 14.4. The van der Waals surface area contributed by atoms with Crippen LogP contribution in [-0.4, -0.2) is 58.0 Å². The molecule has 0 radical (unpaired) electrons. The Bertz CT molecular complexity index is 1490. The first-order chi connectivity index (χ1) is 19.2. The van der Waals surface area contributed by atoms with Crippen LogP contribution in [0.5, 0.6) is 5.75 Å². The van der Waals surface area contributed by atoms with E-state index in [1.807, 2.05) is 37.3 Å². The molecule has 0 bridgehead atoms. The predicted molar refractivity (Wildman–Crippen MR) is 158 cm³/mol. The Kier molecular flexibility index (Phi) is 8.30.